The molecule has 0 radical (unpaired) electrons. The van der Waals surface area contributed by atoms with E-state index < -0.39 is 34.7 Å². The maximum Gasteiger partial charge on any atom is 0.417 e. The highest BCUT2D eigenvalue weighted by atomic mass is 19.4. The van der Waals surface area contributed by atoms with Crippen molar-refractivity contribution in [2.24, 2.45) is 0 Å². The Balaban J connectivity index is 1.99. The molecule has 0 saturated heterocycles. The second-order valence-corrected chi connectivity index (χ2v) is 7.58. The molecule has 36 heavy (non-hydrogen) atoms. The average Bonchev–Trinajstić information content (AvgIpc) is 2.82. The molecule has 0 atom stereocenters. The summed E-state index contributed by atoms with van der Waals surface area (Å²) in [6.45, 7) is 0. The van der Waals surface area contributed by atoms with Gasteiger partial charge in [0.2, 0.25) is 0 Å². The summed E-state index contributed by atoms with van der Waals surface area (Å²) in [5, 5.41) is 10.4. The molecule has 4 rings (SSSR count). The summed E-state index contributed by atoms with van der Waals surface area (Å²) in [5.41, 5.74) is -4.61. The lowest BCUT2D eigenvalue weighted by Gasteiger charge is -2.18. The van der Waals surface area contributed by atoms with Crippen molar-refractivity contribution >= 4 is 23.1 Å². The van der Waals surface area contributed by atoms with Gasteiger partial charge in [0.25, 0.3) is 5.56 Å². The van der Waals surface area contributed by atoms with Crippen LogP contribution < -0.4 is 10.3 Å². The molecule has 1 heterocycles. The normalized spacial score (nSPS) is 12.4. The number of para-hydroxylation sites is 2. The van der Waals surface area contributed by atoms with Crippen LogP contribution in [-0.2, 0) is 12.4 Å². The van der Waals surface area contributed by atoms with E-state index in [1.807, 2.05) is 0 Å². The summed E-state index contributed by atoms with van der Waals surface area (Å²) in [4.78, 5) is 17.6. The highest BCUT2D eigenvalue weighted by Crippen LogP contribution is 2.41. The number of alkyl halides is 6. The molecule has 3 aromatic carbocycles. The Kier molecular flexibility index (Phi) is 6.25. The number of aromatic hydroxyl groups is 1. The molecule has 0 fully saturated rings. The number of fused-ring (bicyclic) bond motifs is 1. The molecule has 11 heteroatoms. The standard InChI is InChI=1S/C25H16F6N2O3/c1-36-20-8-4-5-14(22(20)34)9-12-21-32-19-7-3-2-6-16(19)23(35)33(21)15-10-11-17(24(26,27)28)18(13-15)25(29,30)31/h2-13,34H,1H3/b12-9+. The fraction of sp³-hybridized carbons (Fsp3) is 0.120. The average molecular weight is 506 g/mol. The van der Waals surface area contributed by atoms with E-state index in [0.717, 1.165) is 10.6 Å². The summed E-state index contributed by atoms with van der Waals surface area (Å²) in [7, 11) is 1.34. The number of nitrogens with zero attached hydrogens (tertiary/aromatic N) is 2. The van der Waals surface area contributed by atoms with Gasteiger partial charge in [0.1, 0.15) is 5.82 Å². The predicted octanol–water partition coefficient (Wildman–Crippen LogP) is 6.31. The molecule has 0 aliphatic heterocycles. The van der Waals surface area contributed by atoms with Gasteiger partial charge in [-0.2, -0.15) is 26.3 Å². The maximum atomic E-state index is 13.6. The molecule has 0 amide bonds. The highest BCUT2D eigenvalue weighted by molar-refractivity contribution is 5.80. The number of halogens is 6. The topological polar surface area (TPSA) is 64.3 Å². The maximum absolute atomic E-state index is 13.6. The van der Waals surface area contributed by atoms with Crippen molar-refractivity contribution in [3.05, 3.63) is 93.5 Å². The number of benzene rings is 3. The van der Waals surface area contributed by atoms with Crippen LogP contribution in [0.3, 0.4) is 0 Å². The van der Waals surface area contributed by atoms with E-state index in [9.17, 15) is 36.2 Å². The lowest BCUT2D eigenvalue weighted by molar-refractivity contribution is -0.162. The van der Waals surface area contributed by atoms with Crippen LogP contribution in [0.1, 0.15) is 22.5 Å². The van der Waals surface area contributed by atoms with E-state index in [2.05, 4.69) is 4.98 Å². The largest absolute Gasteiger partial charge is 0.504 e. The molecule has 0 spiro atoms. The minimum Gasteiger partial charge on any atom is -0.504 e. The summed E-state index contributed by atoms with van der Waals surface area (Å²) in [6, 6.07) is 11.9. The van der Waals surface area contributed by atoms with Gasteiger partial charge in [0.15, 0.2) is 11.5 Å². The minimum atomic E-state index is -5.34. The molecule has 1 N–H and O–H groups in total. The number of phenols is 1. The van der Waals surface area contributed by atoms with Crippen LogP contribution in [0, 0.1) is 0 Å². The second-order valence-electron chi connectivity index (χ2n) is 7.58. The quantitative estimate of drug-likeness (QED) is 0.330. The third-order valence-corrected chi connectivity index (χ3v) is 5.34. The van der Waals surface area contributed by atoms with Gasteiger partial charge in [-0.05, 0) is 48.6 Å². The molecule has 0 aliphatic carbocycles. The number of hydrogen-bond donors (Lipinski definition) is 1. The van der Waals surface area contributed by atoms with Crippen LogP contribution in [0.4, 0.5) is 26.3 Å². The molecule has 4 aromatic rings. The SMILES string of the molecule is COc1cccc(/C=C/c2nc3ccccc3c(=O)n2-c2ccc(C(F)(F)F)c(C(F)(F)F)c2)c1O. The van der Waals surface area contributed by atoms with Gasteiger partial charge in [-0.3, -0.25) is 9.36 Å². The minimum absolute atomic E-state index is 0.0485. The fourth-order valence-electron chi connectivity index (χ4n) is 3.67. The van der Waals surface area contributed by atoms with Crippen molar-refractivity contribution in [2.45, 2.75) is 12.4 Å². The number of rotatable bonds is 4. The van der Waals surface area contributed by atoms with E-state index in [4.69, 9.17) is 4.74 Å². The Hall–Kier alpha value is -4.28. The predicted molar refractivity (Wildman–Crippen MR) is 121 cm³/mol. The lowest BCUT2D eigenvalue weighted by atomic mass is 10.0. The first-order valence-electron chi connectivity index (χ1n) is 10.3. The second kappa shape index (κ2) is 9.06. The van der Waals surface area contributed by atoms with Crippen molar-refractivity contribution < 1.29 is 36.2 Å². The molecule has 186 valence electrons. The van der Waals surface area contributed by atoms with Gasteiger partial charge in [-0.1, -0.05) is 24.3 Å². The van der Waals surface area contributed by atoms with Crippen LogP contribution >= 0.6 is 0 Å². The van der Waals surface area contributed by atoms with Crippen molar-refractivity contribution in [1.29, 1.82) is 0 Å². The first kappa shape index (κ1) is 24.8. The molecule has 1 aromatic heterocycles. The van der Waals surface area contributed by atoms with Gasteiger partial charge in [0.05, 0.1) is 34.8 Å². The molecule has 0 aliphatic rings. The Bertz CT molecular complexity index is 1540. The Labute approximate surface area is 199 Å². The monoisotopic (exact) mass is 506 g/mol. The molecule has 5 nitrogen and oxygen atoms in total. The summed E-state index contributed by atoms with van der Waals surface area (Å²) in [5.74, 6) is -0.257. The molecule has 0 saturated carbocycles. The van der Waals surface area contributed by atoms with E-state index >= 15 is 0 Å². The molecule has 0 bridgehead atoms. The first-order valence-corrected chi connectivity index (χ1v) is 10.3. The first-order chi connectivity index (χ1) is 16.9. The summed E-state index contributed by atoms with van der Waals surface area (Å²) >= 11 is 0. The fourth-order valence-corrected chi connectivity index (χ4v) is 3.67. The zero-order valence-electron chi connectivity index (χ0n) is 18.4. The molecule has 0 unspecified atom stereocenters. The van der Waals surface area contributed by atoms with E-state index in [0.29, 0.717) is 0 Å². The Morgan fingerprint density at radius 3 is 2.25 bits per heavy atom. The number of ether oxygens (including phenoxy) is 1. The highest BCUT2D eigenvalue weighted by Gasteiger charge is 2.43. The van der Waals surface area contributed by atoms with E-state index in [-0.39, 0.29) is 45.9 Å². The zero-order valence-corrected chi connectivity index (χ0v) is 18.4. The third kappa shape index (κ3) is 4.64. The van der Waals surface area contributed by atoms with Crippen LogP contribution in [0.15, 0.2) is 65.5 Å². The number of aromatic nitrogens is 2. The van der Waals surface area contributed by atoms with Crippen molar-refractivity contribution in [1.82, 2.24) is 9.55 Å². The Morgan fingerprint density at radius 1 is 0.889 bits per heavy atom. The van der Waals surface area contributed by atoms with E-state index in [1.54, 1.807) is 12.1 Å². The van der Waals surface area contributed by atoms with Gasteiger partial charge in [0, 0.05) is 5.56 Å². The van der Waals surface area contributed by atoms with Gasteiger partial charge in [-0.25, -0.2) is 4.98 Å². The number of methoxy groups -OCH3 is 1. The number of phenolic OH excluding ortho intramolecular Hbond substituents is 1. The molecular formula is C25H16F6N2O3. The van der Waals surface area contributed by atoms with Gasteiger partial charge in [-0.15, -0.1) is 0 Å². The smallest absolute Gasteiger partial charge is 0.417 e. The lowest BCUT2D eigenvalue weighted by Crippen LogP contribution is -2.24. The van der Waals surface area contributed by atoms with Crippen LogP contribution in [0.2, 0.25) is 0 Å². The third-order valence-electron chi connectivity index (χ3n) is 5.34. The zero-order chi connectivity index (χ0) is 26.3. The summed E-state index contributed by atoms with van der Waals surface area (Å²) < 4.78 is 86.3. The van der Waals surface area contributed by atoms with Crippen LogP contribution in [-0.4, -0.2) is 21.8 Å². The van der Waals surface area contributed by atoms with Crippen molar-refractivity contribution in [2.75, 3.05) is 7.11 Å². The van der Waals surface area contributed by atoms with Crippen molar-refractivity contribution in [3.8, 4) is 17.2 Å². The van der Waals surface area contributed by atoms with E-state index in [1.165, 1.54) is 49.6 Å². The number of hydrogen-bond acceptors (Lipinski definition) is 4. The Morgan fingerprint density at radius 2 is 1.58 bits per heavy atom. The van der Waals surface area contributed by atoms with Crippen molar-refractivity contribution in [3.63, 3.8) is 0 Å². The van der Waals surface area contributed by atoms with Gasteiger partial charge < -0.3 is 9.84 Å². The summed E-state index contributed by atoms with van der Waals surface area (Å²) in [6.07, 6.45) is -7.99. The van der Waals surface area contributed by atoms with Crippen LogP contribution in [0.5, 0.6) is 11.5 Å². The molecular weight excluding hydrogens is 490 g/mol. The van der Waals surface area contributed by atoms with Crippen LogP contribution in [0.25, 0.3) is 28.7 Å². The van der Waals surface area contributed by atoms with Gasteiger partial charge >= 0.3 is 12.4 Å².